The number of aromatic nitrogens is 3. The first-order chi connectivity index (χ1) is 10.6. The van der Waals surface area contributed by atoms with Gasteiger partial charge in [-0.15, -0.1) is 0 Å². The number of nitrogens with one attached hydrogen (secondary N) is 2. The van der Waals surface area contributed by atoms with Crippen LogP contribution in [-0.4, -0.2) is 50.8 Å². The van der Waals surface area contributed by atoms with Crippen LogP contribution < -0.4 is 10.6 Å². The zero-order valence-electron chi connectivity index (χ0n) is 12.7. The number of carbonyl (C=O) groups excluding carboxylic acids is 1. The van der Waals surface area contributed by atoms with Gasteiger partial charge in [-0.05, 0) is 25.1 Å². The van der Waals surface area contributed by atoms with E-state index >= 15 is 0 Å². The predicted octanol–water partition coefficient (Wildman–Crippen LogP) is -0.258. The molecule has 1 atom stereocenters. The number of imidazole rings is 1. The minimum Gasteiger partial charge on any atom is -0.387 e. The Morgan fingerprint density at radius 3 is 3.18 bits per heavy atom. The number of carbonyl (C=O) groups is 1. The summed E-state index contributed by atoms with van der Waals surface area (Å²) in [6.45, 7) is 1.62. The molecule has 0 bridgehead atoms. The zero-order valence-corrected chi connectivity index (χ0v) is 12.7. The van der Waals surface area contributed by atoms with Crippen LogP contribution >= 0.6 is 0 Å². The van der Waals surface area contributed by atoms with Crippen LogP contribution in [0.15, 0.2) is 18.3 Å². The number of amides is 1. The highest BCUT2D eigenvalue weighted by Crippen LogP contribution is 2.14. The van der Waals surface area contributed by atoms with Gasteiger partial charge in [-0.25, -0.2) is 9.97 Å². The third-order valence-corrected chi connectivity index (χ3v) is 4.13. The molecule has 118 valence electrons. The fraction of sp³-hybridized carbons (Fsp3) is 0.533. The molecular formula is C15H21N5O2. The number of fused-ring (bicyclic) bond motifs is 1. The molecule has 0 aromatic carbocycles. The van der Waals surface area contributed by atoms with Crippen LogP contribution in [0.25, 0.3) is 11.2 Å². The van der Waals surface area contributed by atoms with Gasteiger partial charge in [-0.1, -0.05) is 0 Å². The third-order valence-electron chi connectivity index (χ3n) is 4.13. The molecule has 0 aliphatic carbocycles. The number of aryl methyl sites for hydroxylation is 2. The van der Waals surface area contributed by atoms with E-state index in [1.54, 1.807) is 6.20 Å². The van der Waals surface area contributed by atoms with Crippen LogP contribution in [0.1, 0.15) is 18.7 Å². The van der Waals surface area contributed by atoms with E-state index in [9.17, 15) is 9.90 Å². The molecule has 1 amide bonds. The van der Waals surface area contributed by atoms with Gasteiger partial charge in [0.1, 0.15) is 11.3 Å². The largest absolute Gasteiger partial charge is 0.387 e. The lowest BCUT2D eigenvalue weighted by molar-refractivity contribution is -0.122. The van der Waals surface area contributed by atoms with Crippen LogP contribution in [0.2, 0.25) is 0 Å². The third kappa shape index (κ3) is 3.10. The first kappa shape index (κ1) is 14.9. The Labute approximate surface area is 128 Å². The van der Waals surface area contributed by atoms with Crippen LogP contribution in [0, 0.1) is 0 Å². The lowest BCUT2D eigenvalue weighted by atomic mass is 10.0. The van der Waals surface area contributed by atoms with Gasteiger partial charge in [0.15, 0.2) is 5.65 Å². The monoisotopic (exact) mass is 303 g/mol. The first-order valence-corrected chi connectivity index (χ1v) is 7.53. The molecule has 3 rings (SSSR count). The molecule has 2 aromatic heterocycles. The highest BCUT2D eigenvalue weighted by molar-refractivity contribution is 5.76. The van der Waals surface area contributed by atoms with Crippen LogP contribution in [0.4, 0.5) is 0 Å². The first-order valence-electron chi connectivity index (χ1n) is 7.53. The van der Waals surface area contributed by atoms with E-state index < -0.39 is 5.60 Å². The molecule has 7 nitrogen and oxygen atoms in total. The summed E-state index contributed by atoms with van der Waals surface area (Å²) in [5.41, 5.74) is 0.855. The van der Waals surface area contributed by atoms with E-state index in [-0.39, 0.29) is 5.91 Å². The summed E-state index contributed by atoms with van der Waals surface area (Å²) in [5.74, 6) is 0.769. The van der Waals surface area contributed by atoms with Gasteiger partial charge in [0, 0.05) is 39.2 Å². The quantitative estimate of drug-likeness (QED) is 0.708. The highest BCUT2D eigenvalue weighted by Gasteiger charge is 2.31. The zero-order chi connectivity index (χ0) is 15.6. The molecule has 0 saturated carbocycles. The van der Waals surface area contributed by atoms with Gasteiger partial charge in [-0.2, -0.15) is 0 Å². The fourth-order valence-corrected chi connectivity index (χ4v) is 2.75. The van der Waals surface area contributed by atoms with Gasteiger partial charge >= 0.3 is 0 Å². The molecular weight excluding hydrogens is 282 g/mol. The number of pyridine rings is 1. The van der Waals surface area contributed by atoms with Crippen molar-refractivity contribution in [2.24, 2.45) is 7.05 Å². The summed E-state index contributed by atoms with van der Waals surface area (Å²) in [6.07, 6.45) is 3.30. The van der Waals surface area contributed by atoms with Gasteiger partial charge in [-0.3, -0.25) is 4.79 Å². The predicted molar refractivity (Wildman–Crippen MR) is 82.3 cm³/mol. The molecule has 3 heterocycles. The molecule has 0 radical (unpaired) electrons. The number of nitrogens with zero attached hydrogens (tertiary/aromatic N) is 3. The smallest absolute Gasteiger partial charge is 0.220 e. The van der Waals surface area contributed by atoms with E-state index in [2.05, 4.69) is 20.6 Å². The topological polar surface area (TPSA) is 92.1 Å². The molecule has 1 unspecified atom stereocenters. The molecule has 1 aliphatic heterocycles. The molecule has 0 spiro atoms. The summed E-state index contributed by atoms with van der Waals surface area (Å²) in [4.78, 5) is 20.7. The molecule has 22 heavy (non-hydrogen) atoms. The summed E-state index contributed by atoms with van der Waals surface area (Å²) in [7, 11) is 1.91. The molecule has 1 aliphatic rings. The highest BCUT2D eigenvalue weighted by atomic mass is 16.3. The van der Waals surface area contributed by atoms with E-state index in [1.165, 1.54) is 0 Å². The maximum absolute atomic E-state index is 11.9. The summed E-state index contributed by atoms with van der Waals surface area (Å²) in [6, 6.07) is 3.76. The van der Waals surface area contributed by atoms with Crippen molar-refractivity contribution >= 4 is 17.1 Å². The van der Waals surface area contributed by atoms with Crippen LogP contribution in [0.5, 0.6) is 0 Å². The number of β-amino-alcohol motifs (C(OH)–C–C–N with tert-alkyl or cyclic N) is 1. The Morgan fingerprint density at radius 1 is 1.59 bits per heavy atom. The van der Waals surface area contributed by atoms with Crippen molar-refractivity contribution in [3.8, 4) is 0 Å². The minimum atomic E-state index is -0.808. The summed E-state index contributed by atoms with van der Waals surface area (Å²) in [5, 5.41) is 16.1. The average Bonchev–Trinajstić information content (AvgIpc) is 3.09. The number of hydrogen-bond donors (Lipinski definition) is 3. The molecule has 7 heteroatoms. The second-order valence-corrected chi connectivity index (χ2v) is 5.86. The number of hydrogen-bond acceptors (Lipinski definition) is 5. The molecule has 3 N–H and O–H groups in total. The standard InChI is InChI=1S/C15H21N5O2/c1-20-12(19-11-3-2-7-17-14(11)20)4-5-13(21)18-10-15(22)6-8-16-9-15/h2-3,7,16,22H,4-6,8-10H2,1H3,(H,18,21). The maximum atomic E-state index is 11.9. The van der Waals surface area contributed by atoms with E-state index in [0.29, 0.717) is 32.4 Å². The van der Waals surface area contributed by atoms with Crippen molar-refractivity contribution in [1.29, 1.82) is 0 Å². The van der Waals surface area contributed by atoms with Gasteiger partial charge in [0.25, 0.3) is 0 Å². The molecule has 2 aromatic rings. The lowest BCUT2D eigenvalue weighted by Gasteiger charge is -2.21. The normalized spacial score (nSPS) is 21.4. The maximum Gasteiger partial charge on any atom is 0.220 e. The van der Waals surface area contributed by atoms with Crippen molar-refractivity contribution in [2.45, 2.75) is 24.9 Å². The van der Waals surface area contributed by atoms with Gasteiger partial charge in [0.05, 0.1) is 5.60 Å². The van der Waals surface area contributed by atoms with Crippen molar-refractivity contribution in [2.75, 3.05) is 19.6 Å². The Kier molecular flexibility index (Phi) is 4.08. The van der Waals surface area contributed by atoms with Gasteiger partial charge < -0.3 is 20.3 Å². The van der Waals surface area contributed by atoms with Crippen molar-refractivity contribution in [3.63, 3.8) is 0 Å². The Hall–Kier alpha value is -1.99. The fourth-order valence-electron chi connectivity index (χ4n) is 2.75. The molecule has 1 saturated heterocycles. The molecule has 1 fully saturated rings. The second-order valence-electron chi connectivity index (χ2n) is 5.86. The van der Waals surface area contributed by atoms with Crippen LogP contribution in [0.3, 0.4) is 0 Å². The SMILES string of the molecule is Cn1c(CCC(=O)NCC2(O)CCNC2)nc2cccnc21. The van der Waals surface area contributed by atoms with E-state index in [4.69, 9.17) is 0 Å². The Bertz CT molecular complexity index is 676. The van der Waals surface area contributed by atoms with E-state index in [0.717, 1.165) is 23.5 Å². The summed E-state index contributed by atoms with van der Waals surface area (Å²) >= 11 is 0. The van der Waals surface area contributed by atoms with Crippen molar-refractivity contribution in [1.82, 2.24) is 25.2 Å². The Balaban J connectivity index is 1.55. The van der Waals surface area contributed by atoms with Crippen molar-refractivity contribution < 1.29 is 9.90 Å². The Morgan fingerprint density at radius 2 is 2.45 bits per heavy atom. The minimum absolute atomic E-state index is 0.0691. The number of rotatable bonds is 5. The van der Waals surface area contributed by atoms with Crippen LogP contribution in [-0.2, 0) is 18.3 Å². The van der Waals surface area contributed by atoms with E-state index in [1.807, 2.05) is 23.7 Å². The summed E-state index contributed by atoms with van der Waals surface area (Å²) < 4.78 is 1.91. The van der Waals surface area contributed by atoms with Crippen molar-refractivity contribution in [3.05, 3.63) is 24.2 Å². The average molecular weight is 303 g/mol. The lowest BCUT2D eigenvalue weighted by Crippen LogP contribution is -2.44. The number of aliphatic hydroxyl groups is 1. The second kappa shape index (κ2) is 6.02. The van der Waals surface area contributed by atoms with Gasteiger partial charge in [0.2, 0.25) is 5.91 Å².